The molecule has 0 saturated carbocycles. The number of ketones is 2. The van der Waals surface area contributed by atoms with E-state index in [9.17, 15) is 22.8 Å². The Morgan fingerprint density at radius 3 is 1.66 bits per heavy atom. The van der Waals surface area contributed by atoms with Crippen LogP contribution >= 0.6 is 0 Å². The first kappa shape index (κ1) is 25.8. The van der Waals surface area contributed by atoms with Crippen molar-refractivity contribution >= 4 is 11.6 Å². The fraction of sp³-hybridized carbons (Fsp3) is 0.481. The summed E-state index contributed by atoms with van der Waals surface area (Å²) in [6, 6.07) is 14.6. The van der Waals surface area contributed by atoms with Gasteiger partial charge in [0.15, 0.2) is 5.78 Å². The number of hydrogen-bond donors (Lipinski definition) is 0. The second kappa shape index (κ2) is 13.2. The SMILES string of the molecule is CCCCCCCCCCCc1ccc(-c2ccc(C(=O)CC(=O)C(F)(F)F)cc2)cc1. The lowest BCUT2D eigenvalue weighted by Gasteiger charge is -2.07. The van der Waals surface area contributed by atoms with Crippen molar-refractivity contribution in [1.29, 1.82) is 0 Å². The van der Waals surface area contributed by atoms with Crippen LogP contribution in [-0.4, -0.2) is 17.7 Å². The van der Waals surface area contributed by atoms with Crippen LogP contribution in [0.2, 0.25) is 0 Å². The summed E-state index contributed by atoms with van der Waals surface area (Å²) in [7, 11) is 0. The van der Waals surface area contributed by atoms with Gasteiger partial charge in [0.25, 0.3) is 0 Å². The number of carbonyl (C=O) groups excluding carboxylic acids is 2. The molecule has 0 saturated heterocycles. The standard InChI is InChI=1S/C27H33F3O2/c1-2-3-4-5-6-7-8-9-10-11-21-12-14-22(15-13-21)23-16-18-24(19-17-23)25(31)20-26(32)27(28,29)30/h12-19H,2-11,20H2,1H3. The highest BCUT2D eigenvalue weighted by molar-refractivity contribution is 6.09. The third-order valence-electron chi connectivity index (χ3n) is 5.70. The molecule has 0 aliphatic carbocycles. The van der Waals surface area contributed by atoms with Crippen molar-refractivity contribution in [2.45, 2.75) is 83.7 Å². The molecule has 0 aromatic heterocycles. The van der Waals surface area contributed by atoms with Crippen molar-refractivity contribution in [3.05, 3.63) is 59.7 Å². The van der Waals surface area contributed by atoms with Gasteiger partial charge in [-0.25, -0.2) is 0 Å². The molecule has 0 aliphatic heterocycles. The molecule has 0 spiro atoms. The monoisotopic (exact) mass is 446 g/mol. The quantitative estimate of drug-likeness (QED) is 0.167. The molecular formula is C27H33F3O2. The van der Waals surface area contributed by atoms with Crippen LogP contribution in [0.25, 0.3) is 11.1 Å². The lowest BCUT2D eigenvalue weighted by atomic mass is 9.98. The van der Waals surface area contributed by atoms with Gasteiger partial charge >= 0.3 is 6.18 Å². The van der Waals surface area contributed by atoms with Crippen molar-refractivity contribution < 1.29 is 22.8 Å². The Bertz CT molecular complexity index is 837. The summed E-state index contributed by atoms with van der Waals surface area (Å²) in [6.07, 6.45) is 6.67. The second-order valence-electron chi connectivity index (χ2n) is 8.37. The summed E-state index contributed by atoms with van der Waals surface area (Å²) in [4.78, 5) is 22.9. The van der Waals surface area contributed by atoms with E-state index in [2.05, 4.69) is 19.1 Å². The molecule has 0 atom stereocenters. The first-order valence-corrected chi connectivity index (χ1v) is 11.6. The number of halogens is 3. The van der Waals surface area contributed by atoms with Crippen LogP contribution in [0.15, 0.2) is 48.5 Å². The molecule has 0 heterocycles. The predicted molar refractivity (Wildman–Crippen MR) is 123 cm³/mol. The topological polar surface area (TPSA) is 34.1 Å². The Morgan fingerprint density at radius 1 is 0.688 bits per heavy atom. The van der Waals surface area contributed by atoms with Gasteiger partial charge in [-0.05, 0) is 29.5 Å². The molecule has 0 bridgehead atoms. The average Bonchev–Trinajstić information content (AvgIpc) is 2.78. The Labute approximate surface area is 189 Å². The van der Waals surface area contributed by atoms with Crippen molar-refractivity contribution in [2.75, 3.05) is 0 Å². The molecule has 5 heteroatoms. The summed E-state index contributed by atoms with van der Waals surface area (Å²) in [5, 5.41) is 0. The fourth-order valence-corrected chi connectivity index (χ4v) is 3.70. The summed E-state index contributed by atoms with van der Waals surface area (Å²) >= 11 is 0. The Balaban J connectivity index is 1.76. The molecule has 0 aliphatic rings. The molecule has 2 aromatic rings. The van der Waals surface area contributed by atoms with E-state index >= 15 is 0 Å². The Kier molecular flexibility index (Phi) is 10.6. The van der Waals surface area contributed by atoms with Crippen molar-refractivity contribution in [3.63, 3.8) is 0 Å². The molecule has 2 rings (SSSR count). The second-order valence-corrected chi connectivity index (χ2v) is 8.37. The van der Waals surface area contributed by atoms with Crippen molar-refractivity contribution in [2.24, 2.45) is 0 Å². The summed E-state index contributed by atoms with van der Waals surface area (Å²) in [5.41, 5.74) is 3.24. The first-order chi connectivity index (χ1) is 15.3. The first-order valence-electron chi connectivity index (χ1n) is 11.6. The van der Waals surface area contributed by atoms with E-state index < -0.39 is 24.2 Å². The highest BCUT2D eigenvalue weighted by Crippen LogP contribution is 2.23. The number of benzene rings is 2. The normalized spacial score (nSPS) is 11.5. The van der Waals surface area contributed by atoms with Gasteiger partial charge in [-0.2, -0.15) is 13.2 Å². The number of carbonyl (C=O) groups is 2. The van der Waals surface area contributed by atoms with Gasteiger partial charge in [-0.15, -0.1) is 0 Å². The van der Waals surface area contributed by atoms with Crippen LogP contribution in [0, 0.1) is 0 Å². The van der Waals surface area contributed by atoms with E-state index in [1.807, 2.05) is 12.1 Å². The highest BCUT2D eigenvalue weighted by Gasteiger charge is 2.39. The van der Waals surface area contributed by atoms with Gasteiger partial charge in [0, 0.05) is 5.56 Å². The predicted octanol–water partition coefficient (Wildman–Crippen LogP) is 8.13. The van der Waals surface area contributed by atoms with Gasteiger partial charge in [-0.1, -0.05) is 107 Å². The van der Waals surface area contributed by atoms with Gasteiger partial charge < -0.3 is 0 Å². The maximum atomic E-state index is 12.3. The Morgan fingerprint density at radius 2 is 1.16 bits per heavy atom. The maximum absolute atomic E-state index is 12.3. The highest BCUT2D eigenvalue weighted by atomic mass is 19.4. The Hall–Kier alpha value is -2.43. The number of aryl methyl sites for hydroxylation is 1. The lowest BCUT2D eigenvalue weighted by Crippen LogP contribution is -2.25. The van der Waals surface area contributed by atoms with Crippen LogP contribution in [0.4, 0.5) is 13.2 Å². The molecule has 2 nitrogen and oxygen atoms in total. The van der Waals surface area contributed by atoms with Gasteiger partial charge in [0.2, 0.25) is 5.78 Å². The molecule has 0 amide bonds. The molecule has 32 heavy (non-hydrogen) atoms. The zero-order valence-corrected chi connectivity index (χ0v) is 18.8. The largest absolute Gasteiger partial charge is 0.450 e. The number of hydrogen-bond acceptors (Lipinski definition) is 2. The van der Waals surface area contributed by atoms with E-state index in [1.165, 1.54) is 75.5 Å². The summed E-state index contributed by atoms with van der Waals surface area (Å²) in [5.74, 6) is -2.84. The minimum Gasteiger partial charge on any atom is -0.294 e. The summed E-state index contributed by atoms with van der Waals surface area (Å²) in [6.45, 7) is 2.24. The van der Waals surface area contributed by atoms with Crippen molar-refractivity contribution in [1.82, 2.24) is 0 Å². The molecule has 0 unspecified atom stereocenters. The molecule has 174 valence electrons. The minimum absolute atomic E-state index is 0.105. The van der Waals surface area contributed by atoms with Crippen LogP contribution in [0.5, 0.6) is 0 Å². The zero-order chi connectivity index (χ0) is 23.4. The molecule has 0 radical (unpaired) electrons. The fourth-order valence-electron chi connectivity index (χ4n) is 3.70. The minimum atomic E-state index is -4.98. The third-order valence-corrected chi connectivity index (χ3v) is 5.70. The molecule has 2 aromatic carbocycles. The zero-order valence-electron chi connectivity index (χ0n) is 18.8. The molecular weight excluding hydrogens is 413 g/mol. The summed E-state index contributed by atoms with van der Waals surface area (Å²) < 4.78 is 37.0. The number of alkyl halides is 3. The van der Waals surface area contributed by atoms with E-state index in [0.29, 0.717) is 0 Å². The third kappa shape index (κ3) is 8.97. The van der Waals surface area contributed by atoms with Gasteiger partial charge in [-0.3, -0.25) is 9.59 Å². The molecule has 0 fully saturated rings. The van der Waals surface area contributed by atoms with Crippen LogP contribution in [0.3, 0.4) is 0 Å². The van der Waals surface area contributed by atoms with Crippen molar-refractivity contribution in [3.8, 4) is 11.1 Å². The van der Waals surface area contributed by atoms with E-state index in [1.54, 1.807) is 12.1 Å². The van der Waals surface area contributed by atoms with Gasteiger partial charge in [0.1, 0.15) is 0 Å². The van der Waals surface area contributed by atoms with E-state index in [-0.39, 0.29) is 5.56 Å². The van der Waals surface area contributed by atoms with Crippen LogP contribution in [0.1, 0.15) is 87.1 Å². The van der Waals surface area contributed by atoms with E-state index in [4.69, 9.17) is 0 Å². The van der Waals surface area contributed by atoms with Crippen LogP contribution < -0.4 is 0 Å². The lowest BCUT2D eigenvalue weighted by molar-refractivity contribution is -0.170. The number of Topliss-reactive ketones (excluding diaryl/α,β-unsaturated/α-hetero) is 2. The maximum Gasteiger partial charge on any atom is 0.450 e. The molecule has 0 N–H and O–H groups in total. The average molecular weight is 447 g/mol. The van der Waals surface area contributed by atoms with Crippen LogP contribution in [-0.2, 0) is 11.2 Å². The smallest absolute Gasteiger partial charge is 0.294 e. The van der Waals surface area contributed by atoms with E-state index in [0.717, 1.165) is 17.5 Å². The van der Waals surface area contributed by atoms with Gasteiger partial charge in [0.05, 0.1) is 6.42 Å². The number of rotatable bonds is 14. The number of unbranched alkanes of at least 4 members (excludes halogenated alkanes) is 8.